The summed E-state index contributed by atoms with van der Waals surface area (Å²) in [6.45, 7) is 0.644. The van der Waals surface area contributed by atoms with Gasteiger partial charge in [-0.2, -0.15) is 0 Å². The molecular formula is C25H24N2O2S2. The number of benzene rings is 2. The van der Waals surface area contributed by atoms with E-state index < -0.39 is 0 Å². The smallest absolute Gasteiger partial charge is 0.260 e. The van der Waals surface area contributed by atoms with Gasteiger partial charge in [0.2, 0.25) is 0 Å². The molecule has 5 rings (SSSR count). The van der Waals surface area contributed by atoms with E-state index in [1.54, 1.807) is 23.1 Å². The van der Waals surface area contributed by atoms with E-state index in [1.807, 2.05) is 30.3 Å². The van der Waals surface area contributed by atoms with E-state index >= 15 is 0 Å². The molecule has 1 aliphatic carbocycles. The normalized spacial score (nSPS) is 13.3. The van der Waals surface area contributed by atoms with Gasteiger partial charge in [0.15, 0.2) is 5.16 Å². The number of para-hydroxylation sites is 1. The number of hydrogen-bond donors (Lipinski definition) is 1. The summed E-state index contributed by atoms with van der Waals surface area (Å²) in [6.07, 6.45) is 5.70. The van der Waals surface area contributed by atoms with Crippen molar-refractivity contribution in [3.63, 3.8) is 0 Å². The third-order valence-electron chi connectivity index (χ3n) is 5.62. The summed E-state index contributed by atoms with van der Waals surface area (Å²) in [6, 6.07) is 16.5. The molecule has 0 saturated heterocycles. The molecule has 31 heavy (non-hydrogen) atoms. The van der Waals surface area contributed by atoms with Gasteiger partial charge in [0.25, 0.3) is 5.56 Å². The highest BCUT2D eigenvalue weighted by atomic mass is 32.2. The van der Waals surface area contributed by atoms with Crippen LogP contribution in [0.5, 0.6) is 5.75 Å². The number of aromatic nitrogens is 2. The van der Waals surface area contributed by atoms with Crippen LogP contribution in [-0.4, -0.2) is 22.3 Å². The quantitative estimate of drug-likeness (QED) is 0.211. The Morgan fingerprint density at radius 3 is 2.77 bits per heavy atom. The Kier molecular flexibility index (Phi) is 6.09. The fourth-order valence-corrected chi connectivity index (χ4v) is 5.83. The zero-order valence-electron chi connectivity index (χ0n) is 17.2. The van der Waals surface area contributed by atoms with Gasteiger partial charge in [-0.3, -0.25) is 4.79 Å². The predicted molar refractivity (Wildman–Crippen MR) is 130 cm³/mol. The van der Waals surface area contributed by atoms with E-state index in [1.165, 1.54) is 30.4 Å². The van der Waals surface area contributed by atoms with Crippen molar-refractivity contribution in [2.75, 3.05) is 12.4 Å². The lowest BCUT2D eigenvalue weighted by Gasteiger charge is -2.16. The molecule has 2 aromatic carbocycles. The SMILES string of the molecule is O=c1[nH]c(SCCCOc2ccccc2)nc2scc(-c3ccc4c(c3)CCCC4)c12. The zero-order valence-corrected chi connectivity index (χ0v) is 18.9. The largest absolute Gasteiger partial charge is 0.494 e. The molecule has 2 heterocycles. The van der Waals surface area contributed by atoms with Gasteiger partial charge < -0.3 is 9.72 Å². The molecule has 1 aliphatic rings. The maximum absolute atomic E-state index is 12.9. The molecule has 4 aromatic rings. The number of nitrogens with zero attached hydrogens (tertiary/aromatic N) is 1. The van der Waals surface area contributed by atoms with E-state index in [9.17, 15) is 4.79 Å². The Morgan fingerprint density at radius 1 is 1.06 bits per heavy atom. The van der Waals surface area contributed by atoms with Gasteiger partial charge in [-0.15, -0.1) is 11.3 Å². The first-order valence-corrected chi connectivity index (χ1v) is 12.6. The highest BCUT2D eigenvalue weighted by Gasteiger charge is 2.16. The molecule has 0 fully saturated rings. The van der Waals surface area contributed by atoms with Crippen LogP contribution in [0.15, 0.2) is 63.9 Å². The van der Waals surface area contributed by atoms with E-state index in [2.05, 4.69) is 28.6 Å². The van der Waals surface area contributed by atoms with E-state index in [0.717, 1.165) is 40.3 Å². The lowest BCUT2D eigenvalue weighted by Crippen LogP contribution is -2.09. The van der Waals surface area contributed by atoms with Crippen LogP contribution in [0, 0.1) is 0 Å². The number of rotatable bonds is 7. The van der Waals surface area contributed by atoms with E-state index in [0.29, 0.717) is 17.1 Å². The van der Waals surface area contributed by atoms with Gasteiger partial charge in [-0.1, -0.05) is 48.2 Å². The number of aryl methyl sites for hydroxylation is 2. The minimum absolute atomic E-state index is 0.0537. The fourth-order valence-electron chi connectivity index (χ4n) is 4.05. The number of thioether (sulfide) groups is 1. The van der Waals surface area contributed by atoms with Crippen LogP contribution in [0.3, 0.4) is 0 Å². The van der Waals surface area contributed by atoms with Crippen molar-refractivity contribution in [3.05, 3.63) is 75.4 Å². The van der Waals surface area contributed by atoms with Crippen LogP contribution in [0.2, 0.25) is 0 Å². The molecule has 0 aliphatic heterocycles. The second kappa shape index (κ2) is 9.28. The summed E-state index contributed by atoms with van der Waals surface area (Å²) in [5.74, 6) is 1.72. The molecule has 0 saturated carbocycles. The van der Waals surface area contributed by atoms with Crippen LogP contribution in [0.1, 0.15) is 30.4 Å². The van der Waals surface area contributed by atoms with Crippen LogP contribution >= 0.6 is 23.1 Å². The average Bonchev–Trinajstić information content (AvgIpc) is 3.24. The van der Waals surface area contributed by atoms with Crippen molar-refractivity contribution in [3.8, 4) is 16.9 Å². The fraction of sp³-hybridized carbons (Fsp3) is 0.280. The van der Waals surface area contributed by atoms with Gasteiger partial charge in [0.1, 0.15) is 10.6 Å². The van der Waals surface area contributed by atoms with Crippen LogP contribution in [-0.2, 0) is 12.8 Å². The first-order valence-electron chi connectivity index (χ1n) is 10.7. The Labute approximate surface area is 189 Å². The second-order valence-corrected chi connectivity index (χ2v) is 9.70. The number of ether oxygens (including phenoxy) is 1. The van der Waals surface area contributed by atoms with Crippen molar-refractivity contribution in [2.45, 2.75) is 37.3 Å². The van der Waals surface area contributed by atoms with E-state index in [-0.39, 0.29) is 5.56 Å². The average molecular weight is 449 g/mol. The Balaban J connectivity index is 1.28. The number of hydrogen-bond acceptors (Lipinski definition) is 5. The Bertz CT molecular complexity index is 1250. The lowest BCUT2D eigenvalue weighted by molar-refractivity contribution is 0.318. The molecule has 0 bridgehead atoms. The van der Waals surface area contributed by atoms with Crippen molar-refractivity contribution < 1.29 is 4.74 Å². The summed E-state index contributed by atoms with van der Waals surface area (Å²) >= 11 is 3.11. The van der Waals surface area contributed by atoms with Gasteiger partial charge in [-0.25, -0.2) is 4.98 Å². The number of aromatic amines is 1. The predicted octanol–water partition coefficient (Wildman–Crippen LogP) is 6.09. The van der Waals surface area contributed by atoms with Crippen LogP contribution in [0.25, 0.3) is 21.3 Å². The highest BCUT2D eigenvalue weighted by molar-refractivity contribution is 7.99. The third-order valence-corrected chi connectivity index (χ3v) is 7.45. The summed E-state index contributed by atoms with van der Waals surface area (Å²) in [7, 11) is 0. The van der Waals surface area contributed by atoms with Crippen molar-refractivity contribution in [2.24, 2.45) is 0 Å². The molecule has 2 aromatic heterocycles. The second-order valence-electron chi connectivity index (χ2n) is 7.75. The number of H-pyrrole nitrogens is 1. The highest BCUT2D eigenvalue weighted by Crippen LogP contribution is 2.34. The van der Waals surface area contributed by atoms with Gasteiger partial charge in [0, 0.05) is 16.7 Å². The van der Waals surface area contributed by atoms with Gasteiger partial charge >= 0.3 is 0 Å². The Morgan fingerprint density at radius 2 is 1.90 bits per heavy atom. The monoisotopic (exact) mass is 448 g/mol. The minimum Gasteiger partial charge on any atom is -0.494 e. The van der Waals surface area contributed by atoms with Crippen LogP contribution < -0.4 is 10.3 Å². The lowest BCUT2D eigenvalue weighted by atomic mass is 9.89. The van der Waals surface area contributed by atoms with Crippen molar-refractivity contribution >= 4 is 33.3 Å². The minimum atomic E-state index is -0.0537. The summed E-state index contributed by atoms with van der Waals surface area (Å²) in [5.41, 5.74) is 4.95. The molecule has 1 N–H and O–H groups in total. The molecule has 4 nitrogen and oxygen atoms in total. The third kappa shape index (κ3) is 4.55. The van der Waals surface area contributed by atoms with Gasteiger partial charge in [0.05, 0.1) is 12.0 Å². The van der Waals surface area contributed by atoms with E-state index in [4.69, 9.17) is 9.72 Å². The molecule has 158 valence electrons. The maximum atomic E-state index is 12.9. The topological polar surface area (TPSA) is 55.0 Å². The number of thiophene rings is 1. The molecule has 0 spiro atoms. The zero-order chi connectivity index (χ0) is 21.0. The molecule has 0 amide bonds. The maximum Gasteiger partial charge on any atom is 0.260 e. The molecule has 6 heteroatoms. The van der Waals surface area contributed by atoms with Crippen molar-refractivity contribution in [1.29, 1.82) is 0 Å². The summed E-state index contributed by atoms with van der Waals surface area (Å²) in [4.78, 5) is 21.4. The number of nitrogens with one attached hydrogen (secondary N) is 1. The molecular weight excluding hydrogens is 424 g/mol. The summed E-state index contributed by atoms with van der Waals surface area (Å²) in [5, 5.41) is 3.45. The Hall–Kier alpha value is -2.57. The molecule has 0 radical (unpaired) electrons. The van der Waals surface area contributed by atoms with Crippen LogP contribution in [0.4, 0.5) is 0 Å². The first-order chi connectivity index (χ1) is 15.3. The number of fused-ring (bicyclic) bond motifs is 2. The first kappa shape index (κ1) is 20.3. The van der Waals surface area contributed by atoms with Gasteiger partial charge in [-0.05, 0) is 60.9 Å². The van der Waals surface area contributed by atoms with Crippen molar-refractivity contribution in [1.82, 2.24) is 9.97 Å². The standard InChI is InChI=1S/C25H24N2O2S2/c28-23-22-21(19-12-11-17-7-4-5-8-18(17)15-19)16-31-24(22)27-25(26-23)30-14-6-13-29-20-9-2-1-3-10-20/h1-3,9-12,15-16H,4-8,13-14H2,(H,26,27,28). The molecule has 0 atom stereocenters. The summed E-state index contributed by atoms with van der Waals surface area (Å²) < 4.78 is 5.73. The molecule has 0 unspecified atom stereocenters.